The van der Waals surface area contributed by atoms with E-state index in [2.05, 4.69) is 4.72 Å². The molecular formula is C22H28N2O5S2. The van der Waals surface area contributed by atoms with Crippen LogP contribution in [0.25, 0.3) is 0 Å². The van der Waals surface area contributed by atoms with E-state index >= 15 is 0 Å². The molecule has 1 amide bonds. The summed E-state index contributed by atoms with van der Waals surface area (Å²) in [5.74, 6) is -0.271. The molecule has 1 heterocycles. The van der Waals surface area contributed by atoms with Crippen LogP contribution >= 0.6 is 11.3 Å². The Morgan fingerprint density at radius 1 is 1.13 bits per heavy atom. The van der Waals surface area contributed by atoms with Gasteiger partial charge in [-0.25, -0.2) is 8.42 Å². The van der Waals surface area contributed by atoms with Gasteiger partial charge >= 0.3 is 5.97 Å². The van der Waals surface area contributed by atoms with Crippen molar-refractivity contribution in [3.8, 4) is 0 Å². The molecule has 1 aromatic carbocycles. The number of sulfonamides is 1. The van der Waals surface area contributed by atoms with Gasteiger partial charge in [-0.1, -0.05) is 25.3 Å². The van der Waals surface area contributed by atoms with Crippen LogP contribution in [-0.4, -0.2) is 40.0 Å². The molecule has 0 saturated heterocycles. The molecule has 2 aromatic rings. The van der Waals surface area contributed by atoms with E-state index < -0.39 is 22.5 Å². The average Bonchev–Trinajstić information content (AvgIpc) is 3.32. The van der Waals surface area contributed by atoms with Gasteiger partial charge in [0.05, 0.1) is 16.4 Å². The first kappa shape index (κ1) is 23.4. The van der Waals surface area contributed by atoms with Gasteiger partial charge in [-0.15, -0.1) is 11.3 Å². The zero-order chi connectivity index (χ0) is 22.3. The number of hydrogen-bond donors (Lipinski definition) is 1. The highest BCUT2D eigenvalue weighted by Gasteiger charge is 2.25. The zero-order valence-electron chi connectivity index (χ0n) is 17.6. The highest BCUT2D eigenvalue weighted by molar-refractivity contribution is 7.89. The highest BCUT2D eigenvalue weighted by Crippen LogP contribution is 2.28. The molecule has 1 saturated carbocycles. The van der Waals surface area contributed by atoms with Crippen molar-refractivity contribution in [2.45, 2.75) is 43.9 Å². The highest BCUT2D eigenvalue weighted by atomic mass is 32.2. The minimum Gasteiger partial charge on any atom is -0.465 e. The second-order valence-corrected chi connectivity index (χ2v) is 10.2. The standard InChI is InChI=1S/C22H28N2O5S2/c1-2-29-21(25)15-23-31(27,28)19-12-10-18(11-13-19)24(16-17-7-4-3-5-8-17)22(26)20-9-6-14-30-20/h6,9-14,17,23H,2-5,7-8,15-16H2,1H3. The lowest BCUT2D eigenvalue weighted by Crippen LogP contribution is -2.36. The summed E-state index contributed by atoms with van der Waals surface area (Å²) in [5, 5.41) is 1.87. The van der Waals surface area contributed by atoms with Crippen molar-refractivity contribution >= 4 is 38.9 Å². The first-order chi connectivity index (χ1) is 14.9. The number of hydrogen-bond acceptors (Lipinski definition) is 6. The number of thiophene rings is 1. The quantitative estimate of drug-likeness (QED) is 0.570. The third kappa shape index (κ3) is 6.38. The van der Waals surface area contributed by atoms with Crippen molar-refractivity contribution in [1.82, 2.24) is 4.72 Å². The molecule has 168 valence electrons. The molecule has 1 fully saturated rings. The van der Waals surface area contributed by atoms with Crippen molar-refractivity contribution < 1.29 is 22.7 Å². The van der Waals surface area contributed by atoms with E-state index in [1.807, 2.05) is 11.4 Å². The second kappa shape index (κ2) is 10.9. The first-order valence-electron chi connectivity index (χ1n) is 10.5. The minimum atomic E-state index is -3.86. The molecule has 0 atom stereocenters. The van der Waals surface area contributed by atoms with E-state index in [1.165, 1.54) is 42.7 Å². The number of benzene rings is 1. The lowest BCUT2D eigenvalue weighted by Gasteiger charge is -2.30. The second-order valence-electron chi connectivity index (χ2n) is 7.52. The number of carbonyl (C=O) groups is 2. The number of esters is 1. The molecule has 9 heteroatoms. The first-order valence-corrected chi connectivity index (χ1v) is 12.9. The molecule has 1 N–H and O–H groups in total. The van der Waals surface area contributed by atoms with E-state index in [0.717, 1.165) is 12.8 Å². The Balaban J connectivity index is 1.77. The summed E-state index contributed by atoms with van der Waals surface area (Å²) < 4.78 is 31.9. The summed E-state index contributed by atoms with van der Waals surface area (Å²) in [4.78, 5) is 27.0. The molecule has 0 radical (unpaired) electrons. The molecule has 0 bridgehead atoms. The van der Waals surface area contributed by atoms with Gasteiger partial charge in [-0.05, 0) is 61.4 Å². The Morgan fingerprint density at radius 2 is 1.84 bits per heavy atom. The van der Waals surface area contributed by atoms with Crippen molar-refractivity contribution in [3.05, 3.63) is 46.7 Å². The van der Waals surface area contributed by atoms with E-state index in [0.29, 0.717) is 23.0 Å². The smallest absolute Gasteiger partial charge is 0.321 e. The fraction of sp³-hybridized carbons (Fsp3) is 0.455. The van der Waals surface area contributed by atoms with Crippen LogP contribution < -0.4 is 9.62 Å². The summed E-state index contributed by atoms with van der Waals surface area (Å²) in [7, 11) is -3.86. The summed E-state index contributed by atoms with van der Waals surface area (Å²) in [6, 6.07) is 9.86. The van der Waals surface area contributed by atoms with Crippen LogP contribution in [-0.2, 0) is 19.6 Å². The molecule has 3 rings (SSSR count). The van der Waals surface area contributed by atoms with Crippen LogP contribution in [0.1, 0.15) is 48.7 Å². The van der Waals surface area contributed by atoms with Gasteiger partial charge in [0.15, 0.2) is 0 Å². The maximum Gasteiger partial charge on any atom is 0.321 e. The predicted octanol–water partition coefficient (Wildman–Crippen LogP) is 3.82. The molecular weight excluding hydrogens is 436 g/mol. The van der Waals surface area contributed by atoms with Crippen LogP contribution in [0.15, 0.2) is 46.7 Å². The molecule has 1 aliphatic rings. The average molecular weight is 465 g/mol. The molecule has 7 nitrogen and oxygen atoms in total. The number of rotatable bonds is 9. The number of amides is 1. The Kier molecular flexibility index (Phi) is 8.22. The summed E-state index contributed by atoms with van der Waals surface area (Å²) in [6.45, 7) is 2.03. The minimum absolute atomic E-state index is 0.0294. The molecule has 1 aliphatic carbocycles. The Bertz CT molecular complexity index is 966. The van der Waals surface area contributed by atoms with Crippen LogP contribution in [0.2, 0.25) is 0 Å². The third-order valence-electron chi connectivity index (χ3n) is 5.31. The Labute approximate surface area is 187 Å². The van der Waals surface area contributed by atoms with Crippen molar-refractivity contribution in [3.63, 3.8) is 0 Å². The normalized spacial score (nSPS) is 14.9. The van der Waals surface area contributed by atoms with Crippen molar-refractivity contribution in [2.75, 3.05) is 24.6 Å². The van der Waals surface area contributed by atoms with Crippen LogP contribution in [0.5, 0.6) is 0 Å². The third-order valence-corrected chi connectivity index (χ3v) is 7.59. The maximum absolute atomic E-state index is 13.2. The van der Waals surface area contributed by atoms with Gasteiger partial charge in [0, 0.05) is 12.2 Å². The number of ether oxygens (including phenoxy) is 1. The summed E-state index contributed by atoms with van der Waals surface area (Å²) in [5.41, 5.74) is 0.660. The van der Waals surface area contributed by atoms with Crippen LogP contribution in [0, 0.1) is 5.92 Å². The number of carbonyl (C=O) groups excluding carboxylic acids is 2. The van der Waals surface area contributed by atoms with Crippen LogP contribution in [0.4, 0.5) is 5.69 Å². The van der Waals surface area contributed by atoms with Gasteiger partial charge in [0.1, 0.15) is 6.54 Å². The van der Waals surface area contributed by atoms with Gasteiger partial charge < -0.3 is 9.64 Å². The fourth-order valence-electron chi connectivity index (χ4n) is 3.72. The lowest BCUT2D eigenvalue weighted by atomic mass is 9.89. The molecule has 31 heavy (non-hydrogen) atoms. The summed E-state index contributed by atoms with van der Waals surface area (Å²) >= 11 is 1.40. The van der Waals surface area contributed by atoms with E-state index in [9.17, 15) is 18.0 Å². The predicted molar refractivity (Wildman–Crippen MR) is 121 cm³/mol. The molecule has 1 aromatic heterocycles. The number of nitrogens with zero attached hydrogens (tertiary/aromatic N) is 1. The Morgan fingerprint density at radius 3 is 2.45 bits per heavy atom. The fourth-order valence-corrected chi connectivity index (χ4v) is 5.36. The largest absolute Gasteiger partial charge is 0.465 e. The zero-order valence-corrected chi connectivity index (χ0v) is 19.2. The SMILES string of the molecule is CCOC(=O)CNS(=O)(=O)c1ccc(N(CC2CCCCC2)C(=O)c2cccs2)cc1. The van der Waals surface area contributed by atoms with E-state index in [-0.39, 0.29) is 17.4 Å². The van der Waals surface area contributed by atoms with Gasteiger partial charge in [0.2, 0.25) is 10.0 Å². The molecule has 0 aliphatic heterocycles. The van der Waals surface area contributed by atoms with Gasteiger partial charge in [-0.2, -0.15) is 4.72 Å². The van der Waals surface area contributed by atoms with E-state index in [1.54, 1.807) is 30.0 Å². The molecule has 0 unspecified atom stereocenters. The monoisotopic (exact) mass is 464 g/mol. The Hall–Kier alpha value is -2.23. The van der Waals surface area contributed by atoms with Crippen LogP contribution in [0.3, 0.4) is 0 Å². The lowest BCUT2D eigenvalue weighted by molar-refractivity contribution is -0.141. The van der Waals surface area contributed by atoms with Crippen molar-refractivity contribution in [2.24, 2.45) is 5.92 Å². The molecule has 0 spiro atoms. The summed E-state index contributed by atoms with van der Waals surface area (Å²) in [6.07, 6.45) is 5.78. The number of nitrogens with one attached hydrogen (secondary N) is 1. The van der Waals surface area contributed by atoms with Gasteiger partial charge in [0.25, 0.3) is 5.91 Å². The topological polar surface area (TPSA) is 92.8 Å². The van der Waals surface area contributed by atoms with Crippen molar-refractivity contribution in [1.29, 1.82) is 0 Å². The maximum atomic E-state index is 13.2. The van der Waals surface area contributed by atoms with E-state index in [4.69, 9.17) is 4.74 Å². The van der Waals surface area contributed by atoms with Gasteiger partial charge in [-0.3, -0.25) is 9.59 Å². The number of anilines is 1.